The van der Waals surface area contributed by atoms with Crippen LogP contribution in [0.25, 0.3) is 0 Å². The molecule has 1 aliphatic heterocycles. The molecule has 2 rings (SSSR count). The number of likely N-dealkylation sites (N-methyl/N-ethyl adjacent to an activating group) is 1. The zero-order valence-electron chi connectivity index (χ0n) is 11.3. The Labute approximate surface area is 111 Å². The number of carbonyl (C=O) groups is 2. The minimum atomic E-state index is -1.00. The molecule has 0 spiro atoms. The number of nitrogens with zero attached hydrogens (tertiary/aromatic N) is 3. The third-order valence-corrected chi connectivity index (χ3v) is 3.20. The number of hydrogen-bond donors (Lipinski definition) is 1. The zero-order valence-corrected chi connectivity index (χ0v) is 11.3. The minimum absolute atomic E-state index is 0.181. The van der Waals surface area contributed by atoms with Gasteiger partial charge in [-0.1, -0.05) is 0 Å². The van der Waals surface area contributed by atoms with E-state index in [9.17, 15) is 9.59 Å². The Balaban J connectivity index is 2.13. The molecule has 0 radical (unpaired) electrons. The van der Waals surface area contributed by atoms with Crippen molar-refractivity contribution < 1.29 is 14.3 Å². The van der Waals surface area contributed by atoms with Crippen LogP contribution >= 0.6 is 0 Å². The molecule has 0 bridgehead atoms. The summed E-state index contributed by atoms with van der Waals surface area (Å²) in [6.45, 7) is 2.70. The van der Waals surface area contributed by atoms with Crippen LogP contribution in [0.2, 0.25) is 0 Å². The van der Waals surface area contributed by atoms with Gasteiger partial charge in [0.25, 0.3) is 11.8 Å². The summed E-state index contributed by atoms with van der Waals surface area (Å²) in [6, 6.07) is 1.66. The van der Waals surface area contributed by atoms with E-state index in [0.29, 0.717) is 18.8 Å². The van der Waals surface area contributed by atoms with Gasteiger partial charge in [-0.2, -0.15) is 5.10 Å². The molecular formula is C12H18N4O3. The molecule has 19 heavy (non-hydrogen) atoms. The van der Waals surface area contributed by atoms with Gasteiger partial charge in [0.15, 0.2) is 5.60 Å². The molecule has 0 saturated carbocycles. The van der Waals surface area contributed by atoms with Crippen molar-refractivity contribution in [3.63, 3.8) is 0 Å². The van der Waals surface area contributed by atoms with Crippen molar-refractivity contribution in [1.29, 1.82) is 0 Å². The fourth-order valence-corrected chi connectivity index (χ4v) is 2.14. The molecule has 1 N–H and O–H groups in total. The van der Waals surface area contributed by atoms with Crippen molar-refractivity contribution in [2.45, 2.75) is 12.5 Å². The summed E-state index contributed by atoms with van der Waals surface area (Å²) < 4.78 is 7.08. The van der Waals surface area contributed by atoms with E-state index in [1.165, 1.54) is 0 Å². The second kappa shape index (κ2) is 5.00. The monoisotopic (exact) mass is 266 g/mol. The van der Waals surface area contributed by atoms with Gasteiger partial charge in [0.05, 0.1) is 13.2 Å². The Morgan fingerprint density at radius 3 is 2.84 bits per heavy atom. The Morgan fingerprint density at radius 2 is 2.26 bits per heavy atom. The Hall–Kier alpha value is -1.89. The SMILES string of the molecule is CNC(=O)[C@]1(C)CN(C(=O)c2ccn(C)n2)CCO1. The maximum absolute atomic E-state index is 12.3. The van der Waals surface area contributed by atoms with E-state index in [1.807, 2.05) is 0 Å². The number of nitrogens with one attached hydrogen (secondary N) is 1. The zero-order chi connectivity index (χ0) is 14.0. The molecule has 1 atom stereocenters. The number of ether oxygens (including phenoxy) is 1. The highest BCUT2D eigenvalue weighted by Gasteiger charge is 2.40. The molecule has 1 fully saturated rings. The summed E-state index contributed by atoms with van der Waals surface area (Å²) in [5.41, 5.74) is -0.624. The lowest BCUT2D eigenvalue weighted by Crippen LogP contribution is -2.58. The van der Waals surface area contributed by atoms with Crippen molar-refractivity contribution in [2.75, 3.05) is 26.7 Å². The number of aryl methyl sites for hydroxylation is 1. The first-order valence-electron chi connectivity index (χ1n) is 6.11. The van der Waals surface area contributed by atoms with E-state index in [2.05, 4.69) is 10.4 Å². The predicted octanol–water partition coefficient (Wildman–Crippen LogP) is -0.603. The molecule has 0 aliphatic carbocycles. The molecule has 1 aromatic rings. The van der Waals surface area contributed by atoms with Crippen molar-refractivity contribution in [3.05, 3.63) is 18.0 Å². The molecular weight excluding hydrogens is 248 g/mol. The topological polar surface area (TPSA) is 76.5 Å². The van der Waals surface area contributed by atoms with E-state index in [-0.39, 0.29) is 18.4 Å². The van der Waals surface area contributed by atoms with E-state index < -0.39 is 5.60 Å². The van der Waals surface area contributed by atoms with Gasteiger partial charge in [-0.15, -0.1) is 0 Å². The third kappa shape index (κ3) is 2.60. The lowest BCUT2D eigenvalue weighted by molar-refractivity contribution is -0.153. The van der Waals surface area contributed by atoms with Crippen molar-refractivity contribution in [1.82, 2.24) is 20.0 Å². The van der Waals surface area contributed by atoms with Crippen LogP contribution in [0.1, 0.15) is 17.4 Å². The van der Waals surface area contributed by atoms with Gasteiger partial charge in [0, 0.05) is 26.8 Å². The van der Waals surface area contributed by atoms with Crippen LogP contribution in [0.4, 0.5) is 0 Å². The van der Waals surface area contributed by atoms with Gasteiger partial charge in [-0.3, -0.25) is 14.3 Å². The molecule has 7 nitrogen and oxygen atoms in total. The standard InChI is InChI=1S/C12H18N4O3/c1-12(11(18)13-2)8-16(6-7-19-12)10(17)9-4-5-15(3)14-9/h4-5H,6-8H2,1-3H3,(H,13,18)/t12-/m0/s1. The first kappa shape index (κ1) is 13.5. The first-order chi connectivity index (χ1) is 8.96. The number of hydrogen-bond acceptors (Lipinski definition) is 4. The summed E-state index contributed by atoms with van der Waals surface area (Å²) in [6.07, 6.45) is 1.71. The van der Waals surface area contributed by atoms with Gasteiger partial charge < -0.3 is 15.0 Å². The lowest BCUT2D eigenvalue weighted by Gasteiger charge is -2.38. The molecule has 1 saturated heterocycles. The normalized spacial score (nSPS) is 23.2. The average molecular weight is 266 g/mol. The smallest absolute Gasteiger partial charge is 0.274 e. The van der Waals surface area contributed by atoms with E-state index in [1.54, 1.807) is 42.9 Å². The first-order valence-corrected chi connectivity index (χ1v) is 6.11. The second-order valence-corrected chi connectivity index (χ2v) is 4.76. The summed E-state index contributed by atoms with van der Waals surface area (Å²) in [5.74, 6) is -0.412. The van der Waals surface area contributed by atoms with Crippen LogP contribution in [-0.4, -0.2) is 58.8 Å². The maximum atomic E-state index is 12.3. The number of morpholine rings is 1. The van der Waals surface area contributed by atoms with Gasteiger partial charge in [-0.25, -0.2) is 0 Å². The Bertz CT molecular complexity index is 499. The highest BCUT2D eigenvalue weighted by molar-refractivity contribution is 5.93. The fraction of sp³-hybridized carbons (Fsp3) is 0.583. The number of amides is 2. The minimum Gasteiger partial charge on any atom is -0.362 e. The molecule has 1 aromatic heterocycles. The average Bonchev–Trinajstić information content (AvgIpc) is 2.83. The number of carbonyl (C=O) groups excluding carboxylic acids is 2. The van der Waals surface area contributed by atoms with E-state index >= 15 is 0 Å². The molecule has 7 heteroatoms. The van der Waals surface area contributed by atoms with Gasteiger partial charge in [0.2, 0.25) is 0 Å². The number of rotatable bonds is 2. The van der Waals surface area contributed by atoms with Crippen molar-refractivity contribution in [3.8, 4) is 0 Å². The van der Waals surface area contributed by atoms with E-state index in [4.69, 9.17) is 4.74 Å². The van der Waals surface area contributed by atoms with E-state index in [0.717, 1.165) is 0 Å². The molecule has 2 amide bonds. The molecule has 1 aliphatic rings. The third-order valence-electron chi connectivity index (χ3n) is 3.20. The van der Waals surface area contributed by atoms with Crippen LogP contribution in [-0.2, 0) is 16.6 Å². The second-order valence-electron chi connectivity index (χ2n) is 4.76. The van der Waals surface area contributed by atoms with Crippen molar-refractivity contribution >= 4 is 11.8 Å². The summed E-state index contributed by atoms with van der Waals surface area (Å²) >= 11 is 0. The largest absolute Gasteiger partial charge is 0.362 e. The molecule has 104 valence electrons. The van der Waals surface area contributed by atoms with Gasteiger partial charge in [0.1, 0.15) is 5.69 Å². The summed E-state index contributed by atoms with van der Waals surface area (Å²) in [4.78, 5) is 25.7. The molecule has 0 aromatic carbocycles. The van der Waals surface area contributed by atoms with Crippen LogP contribution in [0.5, 0.6) is 0 Å². The quantitative estimate of drug-likeness (QED) is 0.775. The maximum Gasteiger partial charge on any atom is 0.274 e. The summed E-state index contributed by atoms with van der Waals surface area (Å²) in [5, 5.41) is 6.64. The predicted molar refractivity (Wildman–Crippen MR) is 67.5 cm³/mol. The van der Waals surface area contributed by atoms with Crippen LogP contribution in [0.3, 0.4) is 0 Å². The van der Waals surface area contributed by atoms with Crippen molar-refractivity contribution in [2.24, 2.45) is 7.05 Å². The molecule has 2 heterocycles. The highest BCUT2D eigenvalue weighted by atomic mass is 16.5. The lowest BCUT2D eigenvalue weighted by atomic mass is 10.0. The highest BCUT2D eigenvalue weighted by Crippen LogP contribution is 2.19. The van der Waals surface area contributed by atoms with Crippen LogP contribution in [0.15, 0.2) is 12.3 Å². The van der Waals surface area contributed by atoms with Crippen LogP contribution in [0, 0.1) is 0 Å². The van der Waals surface area contributed by atoms with Gasteiger partial charge in [-0.05, 0) is 13.0 Å². The van der Waals surface area contributed by atoms with Crippen LogP contribution < -0.4 is 5.32 Å². The Kier molecular flexibility index (Phi) is 3.57. The fourth-order valence-electron chi connectivity index (χ4n) is 2.14. The molecule has 0 unspecified atom stereocenters. The van der Waals surface area contributed by atoms with Gasteiger partial charge >= 0.3 is 0 Å². The Morgan fingerprint density at radius 1 is 1.53 bits per heavy atom. The number of aromatic nitrogens is 2. The summed E-state index contributed by atoms with van der Waals surface area (Å²) in [7, 11) is 3.31.